The van der Waals surface area contributed by atoms with Crippen LogP contribution in [0.4, 0.5) is 4.39 Å². The molecule has 5 nitrogen and oxygen atoms in total. The molecule has 0 aromatic heterocycles. The van der Waals surface area contributed by atoms with Crippen molar-refractivity contribution in [2.45, 2.75) is 26.4 Å². The van der Waals surface area contributed by atoms with Gasteiger partial charge in [0, 0.05) is 32.2 Å². The molecule has 28 heavy (non-hydrogen) atoms. The predicted molar refractivity (Wildman–Crippen MR) is 113 cm³/mol. The molecule has 0 fully saturated rings. The quantitative estimate of drug-likeness (QED) is 0.541. The van der Waals surface area contributed by atoms with Crippen molar-refractivity contribution in [1.29, 1.82) is 0 Å². The molecule has 0 aliphatic rings. The van der Waals surface area contributed by atoms with E-state index in [1.165, 1.54) is 11.6 Å². The van der Waals surface area contributed by atoms with Gasteiger partial charge in [-0.05, 0) is 62.3 Å². The Hall–Kier alpha value is -2.60. The Balaban J connectivity index is 1.86. The number of hydrogen-bond acceptors (Lipinski definition) is 3. The van der Waals surface area contributed by atoms with Gasteiger partial charge >= 0.3 is 0 Å². The number of guanidine groups is 1. The summed E-state index contributed by atoms with van der Waals surface area (Å²) in [4.78, 5) is 6.21. The molecule has 0 saturated heterocycles. The fourth-order valence-electron chi connectivity index (χ4n) is 2.95. The molecule has 0 aliphatic carbocycles. The first-order valence-electron chi connectivity index (χ1n) is 9.43. The second-order valence-electron chi connectivity index (χ2n) is 7.07. The van der Waals surface area contributed by atoms with Crippen LogP contribution >= 0.6 is 0 Å². The monoisotopic (exact) mass is 386 g/mol. The minimum atomic E-state index is -0.173. The van der Waals surface area contributed by atoms with Crippen molar-refractivity contribution >= 4 is 5.96 Å². The SMILES string of the molecule is CN=C(NCCc1ccc(C)c(OC)c1)NCc1ccc(F)c(CN(C)C)c1. The van der Waals surface area contributed by atoms with E-state index < -0.39 is 0 Å². The molecular weight excluding hydrogens is 355 g/mol. The van der Waals surface area contributed by atoms with Crippen LogP contribution < -0.4 is 15.4 Å². The Labute approximate surface area is 167 Å². The summed E-state index contributed by atoms with van der Waals surface area (Å²) in [6.07, 6.45) is 0.862. The summed E-state index contributed by atoms with van der Waals surface area (Å²) in [6.45, 7) is 3.94. The summed E-state index contributed by atoms with van der Waals surface area (Å²) >= 11 is 0. The topological polar surface area (TPSA) is 48.9 Å². The maximum Gasteiger partial charge on any atom is 0.191 e. The molecule has 2 aromatic rings. The van der Waals surface area contributed by atoms with Crippen LogP contribution in [0, 0.1) is 12.7 Å². The van der Waals surface area contributed by atoms with Gasteiger partial charge in [0.2, 0.25) is 0 Å². The smallest absolute Gasteiger partial charge is 0.191 e. The molecule has 2 aromatic carbocycles. The average molecular weight is 387 g/mol. The Morgan fingerprint density at radius 3 is 2.54 bits per heavy atom. The standard InChI is InChI=1S/C22H31FN4O/c1-16-6-7-17(13-21(16)28-5)10-11-25-22(24-2)26-14-18-8-9-20(23)19(12-18)15-27(3)4/h6-9,12-13H,10-11,14-15H2,1-5H3,(H2,24,25,26). The fourth-order valence-corrected chi connectivity index (χ4v) is 2.95. The van der Waals surface area contributed by atoms with E-state index in [1.54, 1.807) is 20.2 Å². The fraction of sp³-hybridized carbons (Fsp3) is 0.409. The Morgan fingerprint density at radius 1 is 1.11 bits per heavy atom. The van der Waals surface area contributed by atoms with Crippen molar-refractivity contribution in [3.05, 3.63) is 64.5 Å². The second kappa shape index (κ2) is 10.7. The number of aliphatic imine (C=N–C) groups is 1. The molecule has 2 rings (SSSR count). The molecule has 0 saturated carbocycles. The maximum atomic E-state index is 13.9. The van der Waals surface area contributed by atoms with E-state index in [0.29, 0.717) is 18.7 Å². The van der Waals surface area contributed by atoms with Crippen LogP contribution in [-0.2, 0) is 19.5 Å². The first kappa shape index (κ1) is 21.7. The summed E-state index contributed by atoms with van der Waals surface area (Å²) in [5, 5.41) is 6.60. The summed E-state index contributed by atoms with van der Waals surface area (Å²) < 4.78 is 19.3. The third-order valence-corrected chi connectivity index (χ3v) is 4.46. The number of nitrogens with one attached hydrogen (secondary N) is 2. The van der Waals surface area contributed by atoms with Gasteiger partial charge in [0.05, 0.1) is 7.11 Å². The lowest BCUT2D eigenvalue weighted by atomic mass is 10.1. The van der Waals surface area contributed by atoms with E-state index in [2.05, 4.69) is 33.8 Å². The Kier molecular flexibility index (Phi) is 8.26. The van der Waals surface area contributed by atoms with E-state index in [1.807, 2.05) is 32.0 Å². The molecule has 152 valence electrons. The number of benzene rings is 2. The van der Waals surface area contributed by atoms with Crippen molar-refractivity contribution in [1.82, 2.24) is 15.5 Å². The molecule has 0 amide bonds. The van der Waals surface area contributed by atoms with Gasteiger partial charge in [0.25, 0.3) is 0 Å². The van der Waals surface area contributed by atoms with Gasteiger partial charge in [-0.25, -0.2) is 4.39 Å². The highest BCUT2D eigenvalue weighted by Crippen LogP contribution is 2.19. The molecule has 0 bridgehead atoms. The van der Waals surface area contributed by atoms with E-state index in [0.717, 1.165) is 35.8 Å². The van der Waals surface area contributed by atoms with Gasteiger partial charge in [-0.2, -0.15) is 0 Å². The predicted octanol–water partition coefficient (Wildman–Crippen LogP) is 3.11. The molecule has 0 unspecified atom stereocenters. The number of methoxy groups -OCH3 is 1. The third kappa shape index (κ3) is 6.53. The minimum Gasteiger partial charge on any atom is -0.496 e. The molecule has 0 atom stereocenters. The third-order valence-electron chi connectivity index (χ3n) is 4.46. The lowest BCUT2D eigenvalue weighted by Gasteiger charge is -2.14. The van der Waals surface area contributed by atoms with Crippen LogP contribution in [0.25, 0.3) is 0 Å². The van der Waals surface area contributed by atoms with E-state index in [-0.39, 0.29) is 5.82 Å². The zero-order valence-corrected chi connectivity index (χ0v) is 17.5. The zero-order valence-electron chi connectivity index (χ0n) is 17.5. The molecule has 0 heterocycles. The maximum absolute atomic E-state index is 13.9. The van der Waals surface area contributed by atoms with Gasteiger partial charge < -0.3 is 20.3 Å². The number of aryl methyl sites for hydroxylation is 1. The van der Waals surface area contributed by atoms with E-state index >= 15 is 0 Å². The van der Waals surface area contributed by atoms with Gasteiger partial charge in [0.15, 0.2) is 5.96 Å². The molecule has 2 N–H and O–H groups in total. The lowest BCUT2D eigenvalue weighted by molar-refractivity contribution is 0.392. The lowest BCUT2D eigenvalue weighted by Crippen LogP contribution is -2.37. The number of nitrogens with zero attached hydrogens (tertiary/aromatic N) is 2. The highest BCUT2D eigenvalue weighted by Gasteiger charge is 2.06. The summed E-state index contributed by atoms with van der Waals surface area (Å²) in [5.74, 6) is 1.45. The van der Waals surface area contributed by atoms with Crippen molar-refractivity contribution in [3.63, 3.8) is 0 Å². The van der Waals surface area contributed by atoms with Crippen LogP contribution in [-0.4, -0.2) is 45.7 Å². The van der Waals surface area contributed by atoms with Gasteiger partial charge in [0.1, 0.15) is 11.6 Å². The van der Waals surface area contributed by atoms with Crippen LogP contribution in [0.2, 0.25) is 0 Å². The van der Waals surface area contributed by atoms with Crippen molar-refractivity contribution < 1.29 is 9.13 Å². The second-order valence-corrected chi connectivity index (χ2v) is 7.07. The van der Waals surface area contributed by atoms with E-state index in [4.69, 9.17) is 4.74 Å². The first-order chi connectivity index (χ1) is 13.4. The number of ether oxygens (including phenoxy) is 1. The minimum absolute atomic E-state index is 0.173. The summed E-state index contributed by atoms with van der Waals surface area (Å²) in [5.41, 5.74) is 4.05. The van der Waals surface area contributed by atoms with Gasteiger partial charge in [-0.1, -0.05) is 18.2 Å². The summed E-state index contributed by atoms with van der Waals surface area (Å²) in [7, 11) is 7.29. The molecule has 0 spiro atoms. The number of halogens is 1. The van der Waals surface area contributed by atoms with Gasteiger partial charge in [-0.3, -0.25) is 4.99 Å². The molecule has 0 radical (unpaired) electrons. The van der Waals surface area contributed by atoms with Gasteiger partial charge in [-0.15, -0.1) is 0 Å². The number of hydrogen-bond donors (Lipinski definition) is 2. The zero-order chi connectivity index (χ0) is 20.5. The molecule has 6 heteroatoms. The average Bonchev–Trinajstić information content (AvgIpc) is 2.67. The highest BCUT2D eigenvalue weighted by atomic mass is 19.1. The largest absolute Gasteiger partial charge is 0.496 e. The highest BCUT2D eigenvalue weighted by molar-refractivity contribution is 5.79. The van der Waals surface area contributed by atoms with Crippen molar-refractivity contribution in [2.75, 3.05) is 34.8 Å². The Bertz CT molecular complexity index is 805. The van der Waals surface area contributed by atoms with Crippen LogP contribution in [0.15, 0.2) is 41.4 Å². The summed E-state index contributed by atoms with van der Waals surface area (Å²) in [6, 6.07) is 11.5. The molecular formula is C22H31FN4O. The van der Waals surface area contributed by atoms with Crippen LogP contribution in [0.3, 0.4) is 0 Å². The van der Waals surface area contributed by atoms with E-state index in [9.17, 15) is 4.39 Å². The van der Waals surface area contributed by atoms with Crippen molar-refractivity contribution in [2.24, 2.45) is 4.99 Å². The van der Waals surface area contributed by atoms with Crippen molar-refractivity contribution in [3.8, 4) is 5.75 Å². The van der Waals surface area contributed by atoms with Crippen LogP contribution in [0.5, 0.6) is 5.75 Å². The number of rotatable bonds is 8. The first-order valence-corrected chi connectivity index (χ1v) is 9.43. The van der Waals surface area contributed by atoms with Crippen LogP contribution in [0.1, 0.15) is 22.3 Å². The Morgan fingerprint density at radius 2 is 1.86 bits per heavy atom. The normalized spacial score (nSPS) is 11.6. The molecule has 0 aliphatic heterocycles.